The number of carboxylic acid groups (broad SMARTS) is 1. The third kappa shape index (κ3) is 3.78. The molecule has 0 spiro atoms. The number of carboxylic acids is 1. The van der Waals surface area contributed by atoms with Crippen LogP contribution in [0.25, 0.3) is 21.5 Å². The minimum absolute atomic E-state index is 0.222. The fourth-order valence-corrected chi connectivity index (χ4v) is 4.70. The van der Waals surface area contributed by atoms with Crippen molar-refractivity contribution in [1.29, 1.82) is 0 Å². The second-order valence-corrected chi connectivity index (χ2v) is 8.47. The number of fused-ring (bicyclic) bond motifs is 5. The van der Waals surface area contributed by atoms with Gasteiger partial charge >= 0.3 is 5.97 Å². The highest BCUT2D eigenvalue weighted by Gasteiger charge is 2.13. The molecular formula is C24H22O3S. The van der Waals surface area contributed by atoms with E-state index in [9.17, 15) is 9.00 Å². The lowest BCUT2D eigenvalue weighted by atomic mass is 9.86. The molecule has 0 amide bonds. The number of hydrogen-bond donors (Lipinski definition) is 1. The van der Waals surface area contributed by atoms with Crippen LogP contribution in [0.5, 0.6) is 0 Å². The van der Waals surface area contributed by atoms with Crippen molar-refractivity contribution in [3.63, 3.8) is 0 Å². The number of benzene rings is 3. The first-order valence-electron chi connectivity index (χ1n) is 9.54. The molecule has 0 aromatic heterocycles. The summed E-state index contributed by atoms with van der Waals surface area (Å²) >= 11 is 0. The second kappa shape index (κ2) is 8.11. The summed E-state index contributed by atoms with van der Waals surface area (Å²) in [5.74, 6) is -0.647. The van der Waals surface area contributed by atoms with Crippen LogP contribution in [0.15, 0.2) is 71.7 Å². The van der Waals surface area contributed by atoms with Gasteiger partial charge in [0.2, 0.25) is 0 Å². The van der Waals surface area contributed by atoms with E-state index >= 15 is 0 Å². The van der Waals surface area contributed by atoms with Crippen LogP contribution in [-0.2, 0) is 28.4 Å². The predicted octanol–water partition coefficient (Wildman–Crippen LogP) is 5.15. The van der Waals surface area contributed by atoms with Gasteiger partial charge < -0.3 is 5.11 Å². The quantitative estimate of drug-likeness (QED) is 0.585. The van der Waals surface area contributed by atoms with E-state index in [0.29, 0.717) is 5.75 Å². The van der Waals surface area contributed by atoms with Crippen LogP contribution < -0.4 is 0 Å². The predicted molar refractivity (Wildman–Crippen MR) is 116 cm³/mol. The van der Waals surface area contributed by atoms with Gasteiger partial charge in [0.15, 0.2) is 0 Å². The zero-order chi connectivity index (χ0) is 19.5. The van der Waals surface area contributed by atoms with Crippen molar-refractivity contribution in [2.75, 3.05) is 5.75 Å². The van der Waals surface area contributed by atoms with Crippen LogP contribution in [0.2, 0.25) is 0 Å². The highest BCUT2D eigenvalue weighted by molar-refractivity contribution is 7.88. The summed E-state index contributed by atoms with van der Waals surface area (Å²) in [6, 6.07) is 18.0. The Labute approximate surface area is 166 Å². The molecule has 0 radical (unpaired) electrons. The minimum Gasteiger partial charge on any atom is -0.478 e. The van der Waals surface area contributed by atoms with Gasteiger partial charge in [-0.25, -0.2) is 4.79 Å². The number of aliphatic carboxylic acids is 1. The van der Waals surface area contributed by atoms with Gasteiger partial charge in [-0.05, 0) is 64.4 Å². The van der Waals surface area contributed by atoms with E-state index in [4.69, 9.17) is 5.11 Å². The van der Waals surface area contributed by atoms with Crippen molar-refractivity contribution in [2.45, 2.75) is 25.7 Å². The van der Waals surface area contributed by atoms with Crippen molar-refractivity contribution in [3.8, 4) is 0 Å². The summed E-state index contributed by atoms with van der Waals surface area (Å²) in [4.78, 5) is 10.2. The van der Waals surface area contributed by atoms with Gasteiger partial charge in [-0.1, -0.05) is 54.6 Å². The van der Waals surface area contributed by atoms with Crippen LogP contribution in [0.1, 0.15) is 24.0 Å². The van der Waals surface area contributed by atoms with E-state index < -0.39 is 16.8 Å². The molecule has 4 heteroatoms. The molecule has 5 rings (SSSR count). The largest absolute Gasteiger partial charge is 0.478 e. The molecule has 0 saturated heterocycles. The normalized spacial score (nSPS) is 18.1. The average molecular weight is 391 g/mol. The Bertz CT molecular complexity index is 1140. The molecule has 0 bridgehead atoms. The Morgan fingerprint density at radius 3 is 2.46 bits per heavy atom. The van der Waals surface area contributed by atoms with E-state index in [-0.39, 0.29) is 5.57 Å². The number of carbonyl (C=O) groups is 1. The lowest BCUT2D eigenvalue weighted by Gasteiger charge is -2.18. The van der Waals surface area contributed by atoms with Crippen molar-refractivity contribution in [3.05, 3.63) is 82.8 Å². The molecule has 1 aliphatic carbocycles. The number of aryl methyl sites for hydroxylation is 2. The molecule has 3 aromatic carbocycles. The first-order chi connectivity index (χ1) is 13.6. The average Bonchev–Trinajstić information content (AvgIpc) is 2.74. The van der Waals surface area contributed by atoms with Crippen LogP contribution in [0.4, 0.5) is 0 Å². The van der Waals surface area contributed by atoms with Crippen LogP contribution in [-0.4, -0.2) is 21.0 Å². The van der Waals surface area contributed by atoms with E-state index in [2.05, 4.69) is 48.5 Å². The first kappa shape index (κ1) is 18.6. The van der Waals surface area contributed by atoms with Gasteiger partial charge in [-0.2, -0.15) is 0 Å². The topological polar surface area (TPSA) is 54.4 Å². The Hall–Kier alpha value is -2.72. The molecule has 0 fully saturated rings. The summed E-state index contributed by atoms with van der Waals surface area (Å²) < 4.78 is 10.6. The zero-order valence-corrected chi connectivity index (χ0v) is 16.4. The molecule has 2 aliphatic rings. The van der Waals surface area contributed by atoms with E-state index in [1.54, 1.807) is 11.1 Å². The van der Waals surface area contributed by atoms with Crippen LogP contribution in [0.3, 0.4) is 0 Å². The number of rotatable bonds is 1. The monoisotopic (exact) mass is 390 g/mol. The molecule has 28 heavy (non-hydrogen) atoms. The summed E-state index contributed by atoms with van der Waals surface area (Å²) in [6.07, 6.45) is 8.04. The van der Waals surface area contributed by atoms with Crippen molar-refractivity contribution >= 4 is 38.3 Å². The van der Waals surface area contributed by atoms with Gasteiger partial charge in [-0.3, -0.25) is 4.21 Å². The lowest BCUT2D eigenvalue weighted by Crippen LogP contribution is -2.04. The Balaban J connectivity index is 0.000000165. The summed E-state index contributed by atoms with van der Waals surface area (Å²) in [5.41, 5.74) is 3.40. The molecule has 1 aliphatic heterocycles. The van der Waals surface area contributed by atoms with Gasteiger partial charge in [0, 0.05) is 22.0 Å². The molecule has 3 aromatic rings. The highest BCUT2D eigenvalue weighted by Crippen LogP contribution is 2.33. The molecular weight excluding hydrogens is 368 g/mol. The summed E-state index contributed by atoms with van der Waals surface area (Å²) in [7, 11) is -0.998. The van der Waals surface area contributed by atoms with Gasteiger partial charge in [0.05, 0.1) is 5.57 Å². The second-order valence-electron chi connectivity index (χ2n) is 7.11. The molecule has 1 unspecified atom stereocenters. The van der Waals surface area contributed by atoms with Crippen LogP contribution in [0, 0.1) is 0 Å². The van der Waals surface area contributed by atoms with Crippen molar-refractivity contribution < 1.29 is 14.1 Å². The fourth-order valence-electron chi connectivity index (χ4n) is 3.95. The van der Waals surface area contributed by atoms with E-state index in [1.165, 1.54) is 64.8 Å². The highest BCUT2D eigenvalue weighted by atomic mass is 32.2. The standard InChI is InChI=1S/C18H16.C6H6O3S/c1-3-7-15-13(5-1)9-11-18-16-8-4-2-6-14(16)10-12-17(15)18;7-6(8)5-1-3-10(9)4-2-5/h1,3,5,7,9-12H,2,4,6,8H2;1-3H,4H2,(H,7,8). The summed E-state index contributed by atoms with van der Waals surface area (Å²) in [6.45, 7) is 0. The Kier molecular flexibility index (Phi) is 5.40. The third-order valence-corrected chi connectivity index (χ3v) is 6.31. The Morgan fingerprint density at radius 1 is 0.893 bits per heavy atom. The zero-order valence-electron chi connectivity index (χ0n) is 15.6. The molecule has 3 nitrogen and oxygen atoms in total. The molecule has 0 saturated carbocycles. The smallest absolute Gasteiger partial charge is 0.335 e. The fraction of sp³-hybridized carbons (Fsp3) is 0.208. The first-order valence-corrected chi connectivity index (χ1v) is 10.9. The van der Waals surface area contributed by atoms with E-state index in [0.717, 1.165) is 0 Å². The maximum absolute atomic E-state index is 10.6. The number of hydrogen-bond acceptors (Lipinski definition) is 2. The molecule has 1 atom stereocenters. The van der Waals surface area contributed by atoms with Gasteiger partial charge in [0.25, 0.3) is 0 Å². The minimum atomic E-state index is -0.998. The maximum Gasteiger partial charge on any atom is 0.335 e. The van der Waals surface area contributed by atoms with Crippen molar-refractivity contribution in [2.24, 2.45) is 0 Å². The molecule has 1 N–H and O–H groups in total. The molecule has 1 heterocycles. The van der Waals surface area contributed by atoms with Gasteiger partial charge in [-0.15, -0.1) is 0 Å². The summed E-state index contributed by atoms with van der Waals surface area (Å²) in [5, 5.41) is 15.4. The lowest BCUT2D eigenvalue weighted by molar-refractivity contribution is -0.132. The maximum atomic E-state index is 10.6. The Morgan fingerprint density at radius 2 is 1.68 bits per heavy atom. The molecule has 142 valence electrons. The van der Waals surface area contributed by atoms with Gasteiger partial charge in [0.1, 0.15) is 0 Å². The van der Waals surface area contributed by atoms with Crippen LogP contribution >= 0.6 is 0 Å². The SMILES string of the molecule is O=C(O)C1=CCS(=O)C=C1.c1ccc2c(c1)ccc1c3c(ccc12)CCCC3. The van der Waals surface area contributed by atoms with E-state index in [1.807, 2.05) is 0 Å². The van der Waals surface area contributed by atoms with Crippen molar-refractivity contribution in [1.82, 2.24) is 0 Å². The third-order valence-electron chi connectivity index (χ3n) is 5.37.